The minimum atomic E-state index is -0.318. The van der Waals surface area contributed by atoms with Gasteiger partial charge in [0.2, 0.25) is 0 Å². The molecule has 0 saturated carbocycles. The monoisotopic (exact) mass is 328 g/mol. The number of nitrogens with zero attached hydrogens (tertiary/aromatic N) is 2. The lowest BCUT2D eigenvalue weighted by molar-refractivity contribution is 0.0725. The number of aryl methyl sites for hydroxylation is 1. The molecule has 0 atom stereocenters. The molecule has 0 radical (unpaired) electrons. The van der Waals surface area contributed by atoms with Crippen LogP contribution in [0.3, 0.4) is 0 Å². The van der Waals surface area contributed by atoms with Gasteiger partial charge in [0.05, 0.1) is 17.7 Å². The van der Waals surface area contributed by atoms with Gasteiger partial charge in [0.25, 0.3) is 11.5 Å². The van der Waals surface area contributed by atoms with E-state index in [-0.39, 0.29) is 17.2 Å². The number of H-pyrrole nitrogens is 2. The predicted octanol–water partition coefficient (Wildman–Crippen LogP) is 2.31. The summed E-state index contributed by atoms with van der Waals surface area (Å²) < 4.78 is 0. The van der Waals surface area contributed by atoms with Crippen molar-refractivity contribution >= 4 is 17.2 Å². The first-order valence-electron chi connectivity index (χ1n) is 7.13. The molecule has 2 heterocycles. The number of hydrogen-bond donors (Lipinski definition) is 2. The maximum atomic E-state index is 12.7. The number of hydrogen-bond acceptors (Lipinski definition) is 4. The van der Waals surface area contributed by atoms with Crippen LogP contribution in [0.25, 0.3) is 0 Å². The lowest BCUT2D eigenvalue weighted by Gasteiger charge is -2.22. The van der Waals surface area contributed by atoms with Crippen molar-refractivity contribution in [3.8, 4) is 0 Å². The van der Waals surface area contributed by atoms with E-state index in [2.05, 4.69) is 15.2 Å². The third-order valence-corrected chi connectivity index (χ3v) is 4.43. The Bertz CT molecular complexity index is 850. The molecule has 0 spiro atoms. The predicted molar refractivity (Wildman–Crippen MR) is 88.3 cm³/mol. The summed E-state index contributed by atoms with van der Waals surface area (Å²) in [5.41, 5.74) is 3.66. The number of benzene rings is 1. The summed E-state index contributed by atoms with van der Waals surface area (Å²) in [6, 6.07) is 11.0. The van der Waals surface area contributed by atoms with Crippen molar-refractivity contribution in [2.75, 3.05) is 0 Å². The third kappa shape index (κ3) is 3.57. The molecular formula is C16H16N4O2S. The molecule has 23 heavy (non-hydrogen) atoms. The molecule has 118 valence electrons. The van der Waals surface area contributed by atoms with Gasteiger partial charge in [-0.3, -0.25) is 19.8 Å². The van der Waals surface area contributed by atoms with Gasteiger partial charge in [-0.1, -0.05) is 30.3 Å². The maximum Gasteiger partial charge on any atom is 0.272 e. The second-order valence-corrected chi connectivity index (χ2v) is 6.12. The number of thiazole rings is 1. The van der Waals surface area contributed by atoms with Crippen molar-refractivity contribution in [3.05, 3.63) is 74.1 Å². The van der Waals surface area contributed by atoms with Crippen LogP contribution in [0.1, 0.15) is 26.6 Å². The van der Waals surface area contributed by atoms with Crippen molar-refractivity contribution in [1.82, 2.24) is 20.1 Å². The van der Waals surface area contributed by atoms with Crippen molar-refractivity contribution in [2.24, 2.45) is 0 Å². The summed E-state index contributed by atoms with van der Waals surface area (Å²) in [4.78, 5) is 31.0. The van der Waals surface area contributed by atoms with Crippen LogP contribution >= 0.6 is 11.3 Å². The molecule has 0 bridgehead atoms. The molecule has 6 nitrogen and oxygen atoms in total. The Balaban J connectivity index is 1.87. The van der Waals surface area contributed by atoms with Gasteiger partial charge in [-0.15, -0.1) is 11.3 Å². The van der Waals surface area contributed by atoms with Crippen LogP contribution < -0.4 is 5.56 Å². The lowest BCUT2D eigenvalue weighted by atomic mass is 10.2. The minimum Gasteiger partial charge on any atom is -0.328 e. The third-order valence-electron chi connectivity index (χ3n) is 3.51. The fraction of sp³-hybridized carbons (Fsp3) is 0.188. The van der Waals surface area contributed by atoms with Gasteiger partial charge in [-0.05, 0) is 12.5 Å². The zero-order chi connectivity index (χ0) is 16.2. The highest BCUT2D eigenvalue weighted by molar-refractivity contribution is 7.09. The molecule has 0 unspecified atom stereocenters. The Morgan fingerprint density at radius 3 is 2.61 bits per heavy atom. The van der Waals surface area contributed by atoms with Crippen LogP contribution in [0, 0.1) is 6.92 Å². The van der Waals surface area contributed by atoms with E-state index in [0.717, 1.165) is 16.1 Å². The minimum absolute atomic E-state index is 0.222. The molecule has 2 N–H and O–H groups in total. The van der Waals surface area contributed by atoms with E-state index in [4.69, 9.17) is 0 Å². The van der Waals surface area contributed by atoms with E-state index in [1.165, 1.54) is 17.4 Å². The van der Waals surface area contributed by atoms with Gasteiger partial charge >= 0.3 is 0 Å². The summed E-state index contributed by atoms with van der Waals surface area (Å²) >= 11 is 1.52. The van der Waals surface area contributed by atoms with E-state index in [1.54, 1.807) is 10.4 Å². The number of aromatic amines is 2. The number of aromatic nitrogens is 3. The second kappa shape index (κ2) is 6.62. The number of nitrogens with one attached hydrogen (secondary N) is 2. The molecule has 3 aromatic rings. The number of carbonyl (C=O) groups excluding carboxylic acids is 1. The molecule has 0 fully saturated rings. The Hall–Kier alpha value is -2.67. The SMILES string of the molecule is Cc1ncsc1CN(Cc1ccccc1)C(=O)c1cc(=O)[nH][nH]1. The Labute approximate surface area is 136 Å². The quantitative estimate of drug-likeness (QED) is 0.754. The van der Waals surface area contributed by atoms with E-state index < -0.39 is 0 Å². The average molecular weight is 328 g/mol. The number of rotatable bonds is 5. The Kier molecular flexibility index (Phi) is 4.38. The van der Waals surface area contributed by atoms with Crippen molar-refractivity contribution < 1.29 is 4.79 Å². The van der Waals surface area contributed by atoms with E-state index >= 15 is 0 Å². The van der Waals surface area contributed by atoms with Gasteiger partial charge in [-0.2, -0.15) is 0 Å². The fourth-order valence-electron chi connectivity index (χ4n) is 2.27. The van der Waals surface area contributed by atoms with Crippen LogP contribution in [-0.2, 0) is 13.1 Å². The second-order valence-electron chi connectivity index (χ2n) is 5.18. The van der Waals surface area contributed by atoms with Crippen molar-refractivity contribution in [1.29, 1.82) is 0 Å². The Morgan fingerprint density at radius 1 is 1.22 bits per heavy atom. The molecule has 0 aliphatic rings. The molecule has 0 saturated heterocycles. The Morgan fingerprint density at radius 2 is 2.00 bits per heavy atom. The number of amides is 1. The van der Waals surface area contributed by atoms with E-state index in [0.29, 0.717) is 13.1 Å². The smallest absolute Gasteiger partial charge is 0.272 e. The summed E-state index contributed by atoms with van der Waals surface area (Å²) in [6.07, 6.45) is 0. The van der Waals surface area contributed by atoms with Crippen LogP contribution in [0.5, 0.6) is 0 Å². The van der Waals surface area contributed by atoms with Crippen LogP contribution in [0.15, 0.2) is 46.7 Å². The topological polar surface area (TPSA) is 81.8 Å². The molecule has 0 aliphatic carbocycles. The molecule has 1 aromatic carbocycles. The van der Waals surface area contributed by atoms with Gasteiger partial charge in [0, 0.05) is 17.5 Å². The van der Waals surface area contributed by atoms with Crippen LogP contribution in [-0.4, -0.2) is 26.0 Å². The molecule has 0 aliphatic heterocycles. The highest BCUT2D eigenvalue weighted by Gasteiger charge is 2.20. The fourth-order valence-corrected chi connectivity index (χ4v) is 3.06. The molecule has 2 aromatic heterocycles. The summed E-state index contributed by atoms with van der Waals surface area (Å²) in [6.45, 7) is 2.84. The van der Waals surface area contributed by atoms with Gasteiger partial charge in [0.15, 0.2) is 0 Å². The highest BCUT2D eigenvalue weighted by Crippen LogP contribution is 2.18. The first-order chi connectivity index (χ1) is 11.1. The van der Waals surface area contributed by atoms with E-state index in [9.17, 15) is 9.59 Å². The van der Waals surface area contributed by atoms with Gasteiger partial charge in [-0.25, -0.2) is 4.98 Å². The standard InChI is InChI=1S/C16H16N4O2S/c1-11-14(23-10-17-11)9-20(8-12-5-3-2-4-6-12)16(22)13-7-15(21)19-18-13/h2-7,10H,8-9H2,1H3,(H2,18,19,21). The largest absolute Gasteiger partial charge is 0.328 e. The van der Waals surface area contributed by atoms with Crippen LogP contribution in [0.4, 0.5) is 0 Å². The molecule has 1 amide bonds. The summed E-state index contributed by atoms with van der Waals surface area (Å²) in [5, 5.41) is 5.03. The highest BCUT2D eigenvalue weighted by atomic mass is 32.1. The molecular weight excluding hydrogens is 312 g/mol. The zero-order valence-electron chi connectivity index (χ0n) is 12.6. The summed E-state index contributed by atoms with van der Waals surface area (Å²) in [7, 11) is 0. The van der Waals surface area contributed by atoms with E-state index in [1.807, 2.05) is 37.3 Å². The first-order valence-corrected chi connectivity index (χ1v) is 8.01. The number of carbonyl (C=O) groups is 1. The van der Waals surface area contributed by atoms with Crippen molar-refractivity contribution in [2.45, 2.75) is 20.0 Å². The lowest BCUT2D eigenvalue weighted by Crippen LogP contribution is -2.30. The summed E-state index contributed by atoms with van der Waals surface area (Å²) in [5.74, 6) is -0.222. The normalized spacial score (nSPS) is 10.7. The maximum absolute atomic E-state index is 12.7. The van der Waals surface area contributed by atoms with Gasteiger partial charge in [0.1, 0.15) is 5.69 Å². The van der Waals surface area contributed by atoms with Gasteiger partial charge < -0.3 is 4.90 Å². The zero-order valence-corrected chi connectivity index (χ0v) is 13.4. The average Bonchev–Trinajstić information content (AvgIpc) is 3.16. The first kappa shape index (κ1) is 15.2. The molecule has 7 heteroatoms. The van der Waals surface area contributed by atoms with Crippen molar-refractivity contribution in [3.63, 3.8) is 0 Å². The van der Waals surface area contributed by atoms with Crippen LogP contribution in [0.2, 0.25) is 0 Å². The molecule has 3 rings (SSSR count).